The summed E-state index contributed by atoms with van der Waals surface area (Å²) in [7, 11) is 0. The molecule has 0 aliphatic heterocycles. The number of hydrogen-bond acceptors (Lipinski definition) is 6. The van der Waals surface area contributed by atoms with Crippen molar-refractivity contribution in [2.45, 2.75) is 38.9 Å². The van der Waals surface area contributed by atoms with Crippen LogP contribution in [-0.4, -0.2) is 54.7 Å². The molecule has 0 aromatic heterocycles. The Hall–Kier alpha value is -5.28. The fourth-order valence-corrected chi connectivity index (χ4v) is 4.21. The molecule has 0 amide bonds. The molecule has 0 heterocycles. The molecular weight excluding hydrogens is 584 g/mol. The second kappa shape index (κ2) is 18.5. The minimum atomic E-state index is -1.41. The average Bonchev–Trinajstić information content (AvgIpc) is 3.05. The summed E-state index contributed by atoms with van der Waals surface area (Å²) in [6.45, 7) is 6.34. The van der Waals surface area contributed by atoms with Crippen molar-refractivity contribution < 1.29 is 38.7 Å². The van der Waals surface area contributed by atoms with Gasteiger partial charge in [-0.15, -0.1) is 0 Å². The highest BCUT2D eigenvalue weighted by molar-refractivity contribution is 5.79. The molecule has 238 valence electrons. The number of benzene rings is 3. The van der Waals surface area contributed by atoms with Crippen LogP contribution in [0.2, 0.25) is 0 Å². The Morgan fingerprint density at radius 2 is 1.35 bits per heavy atom. The van der Waals surface area contributed by atoms with Crippen LogP contribution in [0.3, 0.4) is 0 Å². The fourth-order valence-electron chi connectivity index (χ4n) is 4.21. The van der Waals surface area contributed by atoms with Crippen LogP contribution in [0.25, 0.3) is 0 Å². The minimum absolute atomic E-state index is 0.285. The maximum absolute atomic E-state index is 11.7. The summed E-state index contributed by atoms with van der Waals surface area (Å²) in [6, 6.07) is 21.7. The zero-order valence-electron chi connectivity index (χ0n) is 26.2. The summed E-state index contributed by atoms with van der Waals surface area (Å²) in [5, 5.41) is 18.8. The van der Waals surface area contributed by atoms with Gasteiger partial charge in [0.1, 0.15) is 24.7 Å². The predicted octanol–water partition coefficient (Wildman–Crippen LogP) is 6.03. The second-order valence-corrected chi connectivity index (χ2v) is 9.97. The zero-order chi connectivity index (χ0) is 33.2. The molecule has 0 radical (unpaired) electrons. The number of ether oxygens (including phenoxy) is 4. The zero-order valence-corrected chi connectivity index (χ0v) is 26.2. The summed E-state index contributed by atoms with van der Waals surface area (Å²) >= 11 is 0. The van der Waals surface area contributed by atoms with Gasteiger partial charge in [-0.1, -0.05) is 54.0 Å². The topological polar surface area (TPSA) is 112 Å². The Labute approximate surface area is 270 Å². The molecule has 2 N–H and O–H groups in total. The van der Waals surface area contributed by atoms with Gasteiger partial charge in [0.15, 0.2) is 11.7 Å². The number of aliphatic carboxylic acids is 2. The normalized spacial score (nSPS) is 12.8. The van der Waals surface area contributed by atoms with Crippen molar-refractivity contribution in [2.24, 2.45) is 0 Å². The second-order valence-electron chi connectivity index (χ2n) is 9.97. The quantitative estimate of drug-likeness (QED) is 0.198. The number of allylic oxidation sites excluding steroid dienone is 2. The summed E-state index contributed by atoms with van der Waals surface area (Å²) in [6.07, 6.45) is 6.49. The highest BCUT2D eigenvalue weighted by Crippen LogP contribution is 2.27. The molecule has 0 aliphatic rings. The fraction of sp³-hybridized carbons (Fsp3) is 0.263. The van der Waals surface area contributed by atoms with Crippen LogP contribution >= 0.6 is 0 Å². The minimum Gasteiger partial charge on any atom is -0.490 e. The van der Waals surface area contributed by atoms with Gasteiger partial charge in [0.25, 0.3) is 0 Å². The molecule has 46 heavy (non-hydrogen) atoms. The van der Waals surface area contributed by atoms with Gasteiger partial charge in [-0.2, -0.15) is 0 Å². The molecular formula is C38H38O8. The third-order valence-electron chi connectivity index (χ3n) is 6.62. The molecule has 0 saturated heterocycles. The van der Waals surface area contributed by atoms with Crippen LogP contribution in [0, 0.1) is 23.7 Å². The Morgan fingerprint density at radius 3 is 1.83 bits per heavy atom. The Balaban J connectivity index is 1.43. The van der Waals surface area contributed by atoms with Gasteiger partial charge in [-0.3, -0.25) is 0 Å². The number of rotatable bonds is 15. The van der Waals surface area contributed by atoms with Crippen LogP contribution in [0.15, 0.2) is 97.1 Å². The van der Waals surface area contributed by atoms with Crippen LogP contribution in [0.1, 0.15) is 43.0 Å². The molecule has 3 rings (SSSR count). The lowest BCUT2D eigenvalue weighted by Gasteiger charge is -2.25. The van der Waals surface area contributed by atoms with Gasteiger partial charge in [-0.25, -0.2) is 9.59 Å². The van der Waals surface area contributed by atoms with Crippen LogP contribution in [0.5, 0.6) is 11.5 Å². The first kappa shape index (κ1) is 35.2. The summed E-state index contributed by atoms with van der Waals surface area (Å²) < 4.78 is 22.1. The number of carboxylic acids is 2. The number of carboxylic acid groups (broad SMARTS) is 2. The van der Waals surface area contributed by atoms with Gasteiger partial charge < -0.3 is 29.2 Å². The smallest absolute Gasteiger partial charge is 0.340 e. The van der Waals surface area contributed by atoms with E-state index in [9.17, 15) is 19.8 Å². The molecule has 3 aromatic carbocycles. The molecule has 0 bridgehead atoms. The maximum Gasteiger partial charge on any atom is 0.340 e. The van der Waals surface area contributed by atoms with E-state index in [4.69, 9.17) is 18.9 Å². The van der Waals surface area contributed by atoms with Gasteiger partial charge >= 0.3 is 11.9 Å². The Bertz CT molecular complexity index is 1620. The lowest BCUT2D eigenvalue weighted by molar-refractivity contribution is -0.164. The van der Waals surface area contributed by atoms with E-state index in [0.29, 0.717) is 43.3 Å². The standard InChI is InChI=1S/C38H38O8/c1-4-43-35(36(39)40)28-31-17-21-33(22-18-31)44-25-10-6-8-13-29-15-12-16-30(27-29)14-9-7-11-26-45-34-23-19-32(20-24-34)38(3,37(41)42)46-5-2/h6-7,10-12,15-24,27,35H,4-5,25-26,28H2,1-3H3,(H,39,40)(H,41,42). The van der Waals surface area contributed by atoms with E-state index >= 15 is 0 Å². The van der Waals surface area contributed by atoms with Crippen molar-refractivity contribution in [1.82, 2.24) is 0 Å². The van der Waals surface area contributed by atoms with E-state index in [-0.39, 0.29) is 6.61 Å². The van der Waals surface area contributed by atoms with Crippen molar-refractivity contribution >= 4 is 11.9 Å². The first-order valence-electron chi connectivity index (χ1n) is 14.8. The third kappa shape index (κ3) is 11.3. The van der Waals surface area contributed by atoms with Gasteiger partial charge in [0.2, 0.25) is 0 Å². The molecule has 8 nitrogen and oxygen atoms in total. The number of hydrogen-bond donors (Lipinski definition) is 2. The highest BCUT2D eigenvalue weighted by Gasteiger charge is 2.35. The van der Waals surface area contributed by atoms with Crippen LogP contribution < -0.4 is 9.47 Å². The molecule has 0 fully saturated rings. The maximum atomic E-state index is 11.7. The predicted molar refractivity (Wildman–Crippen MR) is 176 cm³/mol. The van der Waals surface area contributed by atoms with Crippen molar-refractivity contribution in [1.29, 1.82) is 0 Å². The first-order chi connectivity index (χ1) is 22.2. The third-order valence-corrected chi connectivity index (χ3v) is 6.62. The van der Waals surface area contributed by atoms with Crippen molar-refractivity contribution in [3.63, 3.8) is 0 Å². The molecule has 0 aliphatic carbocycles. The molecule has 2 atom stereocenters. The SMILES string of the molecule is CCOC(Cc1ccc(OCC=CC#Cc2cccc(C#CC=CCOc3ccc(C(C)(OCC)C(=O)O)cc3)c2)cc1)C(=O)O. The average molecular weight is 623 g/mol. The highest BCUT2D eigenvalue weighted by atomic mass is 16.5. The van der Waals surface area contributed by atoms with E-state index in [2.05, 4.69) is 23.7 Å². The lowest BCUT2D eigenvalue weighted by atomic mass is 9.96. The molecule has 3 aromatic rings. The largest absolute Gasteiger partial charge is 0.490 e. The van der Waals surface area contributed by atoms with E-state index in [0.717, 1.165) is 16.7 Å². The van der Waals surface area contributed by atoms with Crippen LogP contribution in [-0.2, 0) is 31.1 Å². The van der Waals surface area contributed by atoms with Crippen molar-refractivity contribution in [3.05, 3.63) is 119 Å². The van der Waals surface area contributed by atoms with E-state index < -0.39 is 23.6 Å². The van der Waals surface area contributed by atoms with Gasteiger partial charge in [-0.05, 0) is 98.7 Å². The summed E-state index contributed by atoms with van der Waals surface area (Å²) in [5.74, 6) is 11.4. The van der Waals surface area contributed by atoms with E-state index in [1.807, 2.05) is 42.5 Å². The Kier molecular flexibility index (Phi) is 14.2. The van der Waals surface area contributed by atoms with Gasteiger partial charge in [0, 0.05) is 30.8 Å². The van der Waals surface area contributed by atoms with Gasteiger partial charge in [0.05, 0.1) is 0 Å². The lowest BCUT2D eigenvalue weighted by Crippen LogP contribution is -2.35. The molecule has 2 unspecified atom stereocenters. The summed E-state index contributed by atoms with van der Waals surface area (Å²) in [4.78, 5) is 22.9. The van der Waals surface area contributed by atoms with Crippen molar-refractivity contribution in [3.8, 4) is 35.2 Å². The van der Waals surface area contributed by atoms with E-state index in [1.165, 1.54) is 6.92 Å². The summed E-state index contributed by atoms with van der Waals surface area (Å²) in [5.41, 5.74) is 1.65. The molecule has 0 spiro atoms. The monoisotopic (exact) mass is 622 g/mol. The molecule has 0 saturated carbocycles. The number of carbonyl (C=O) groups is 2. The van der Waals surface area contributed by atoms with E-state index in [1.54, 1.807) is 68.5 Å². The Morgan fingerprint density at radius 1 is 0.804 bits per heavy atom. The first-order valence-corrected chi connectivity index (χ1v) is 14.8. The van der Waals surface area contributed by atoms with Crippen molar-refractivity contribution in [2.75, 3.05) is 26.4 Å². The van der Waals surface area contributed by atoms with Crippen LogP contribution in [0.4, 0.5) is 0 Å². The molecule has 8 heteroatoms.